The molecule has 0 aliphatic rings. The van der Waals surface area contributed by atoms with Crippen LogP contribution in [-0.4, -0.2) is 15.0 Å². The zero-order chi connectivity index (χ0) is 26.5. The maximum absolute atomic E-state index is 5.18. The summed E-state index contributed by atoms with van der Waals surface area (Å²) in [6.07, 6.45) is 3.66. The Labute approximate surface area is 231 Å². The van der Waals surface area contributed by atoms with Crippen molar-refractivity contribution in [3.63, 3.8) is 0 Å². The summed E-state index contributed by atoms with van der Waals surface area (Å²) in [5.41, 5.74) is 8.25. The van der Waals surface area contributed by atoms with Gasteiger partial charge in [-0.3, -0.25) is 9.97 Å². The van der Waals surface area contributed by atoms with Gasteiger partial charge in [0.05, 0.1) is 22.4 Å². The molecule has 0 aliphatic carbocycles. The molecule has 40 heavy (non-hydrogen) atoms. The minimum atomic E-state index is 0.933. The molecule has 0 saturated heterocycles. The van der Waals surface area contributed by atoms with Gasteiger partial charge in [0.1, 0.15) is 0 Å². The van der Waals surface area contributed by atoms with Gasteiger partial charge in [-0.05, 0) is 99.4 Å². The minimum absolute atomic E-state index is 0.933. The molecule has 3 aromatic heterocycles. The van der Waals surface area contributed by atoms with Gasteiger partial charge in [0.2, 0.25) is 0 Å². The van der Waals surface area contributed by atoms with Crippen molar-refractivity contribution in [2.75, 3.05) is 0 Å². The molecule has 0 spiro atoms. The molecule has 0 aliphatic heterocycles. The maximum Gasteiger partial charge on any atom is 0.0715 e. The number of fused-ring (bicyclic) bond motifs is 4. The number of hydrogen-bond donors (Lipinski definition) is 0. The fourth-order valence-corrected chi connectivity index (χ4v) is 5.58. The zero-order valence-electron chi connectivity index (χ0n) is 21.6. The largest absolute Gasteiger partial charge is 0.256 e. The van der Waals surface area contributed by atoms with E-state index in [9.17, 15) is 0 Å². The van der Waals surface area contributed by atoms with Gasteiger partial charge in [0, 0.05) is 34.3 Å². The van der Waals surface area contributed by atoms with Gasteiger partial charge in [0.25, 0.3) is 0 Å². The molecule has 0 atom stereocenters. The molecule has 0 saturated carbocycles. The highest BCUT2D eigenvalue weighted by molar-refractivity contribution is 6.00. The van der Waals surface area contributed by atoms with E-state index in [4.69, 9.17) is 4.98 Å². The summed E-state index contributed by atoms with van der Waals surface area (Å²) in [7, 11) is 0. The standard InChI is InChI=1S/C37H23N3/c1-2-6-25-18-32-19-27(10-9-26(32)17-24(25)5-1)33-22-36(30-11-13-34-28(20-30)7-3-15-38-34)40-37(23-33)31-12-14-35-29(21-31)8-4-16-39-35/h1-23H. The lowest BCUT2D eigenvalue weighted by molar-refractivity contribution is 1.32. The summed E-state index contributed by atoms with van der Waals surface area (Å²) in [5.74, 6) is 0. The van der Waals surface area contributed by atoms with Crippen LogP contribution >= 0.6 is 0 Å². The van der Waals surface area contributed by atoms with Crippen molar-refractivity contribution in [1.82, 2.24) is 15.0 Å². The molecule has 0 unspecified atom stereocenters. The first-order chi connectivity index (χ1) is 19.8. The van der Waals surface area contributed by atoms with Crippen LogP contribution in [0.25, 0.3) is 77.0 Å². The highest BCUT2D eigenvalue weighted by atomic mass is 14.7. The van der Waals surface area contributed by atoms with Crippen LogP contribution in [-0.2, 0) is 0 Å². The van der Waals surface area contributed by atoms with E-state index < -0.39 is 0 Å². The third-order valence-electron chi connectivity index (χ3n) is 7.66. The molecule has 0 fully saturated rings. The highest BCUT2D eigenvalue weighted by Gasteiger charge is 2.11. The molecule has 8 aromatic rings. The smallest absolute Gasteiger partial charge is 0.0715 e. The Kier molecular flexibility index (Phi) is 5.14. The number of pyridine rings is 3. The van der Waals surface area contributed by atoms with Crippen LogP contribution in [0.4, 0.5) is 0 Å². The quantitative estimate of drug-likeness (QED) is 0.223. The molecule has 3 heterocycles. The van der Waals surface area contributed by atoms with Gasteiger partial charge in [0.15, 0.2) is 0 Å². The van der Waals surface area contributed by atoms with Crippen molar-refractivity contribution < 1.29 is 0 Å². The first-order valence-corrected chi connectivity index (χ1v) is 13.4. The second kappa shape index (κ2) is 9.11. The first kappa shape index (κ1) is 22.6. The average molecular weight is 510 g/mol. The summed E-state index contributed by atoms with van der Waals surface area (Å²) >= 11 is 0. The first-order valence-electron chi connectivity index (χ1n) is 13.4. The Balaban J connectivity index is 1.33. The lowest BCUT2D eigenvalue weighted by Gasteiger charge is -2.12. The van der Waals surface area contributed by atoms with E-state index >= 15 is 0 Å². The van der Waals surface area contributed by atoms with Crippen LogP contribution in [0.15, 0.2) is 140 Å². The lowest BCUT2D eigenvalue weighted by atomic mass is 9.96. The third kappa shape index (κ3) is 3.96. The predicted octanol–water partition coefficient (Wildman–Crippen LogP) is 9.49. The fourth-order valence-electron chi connectivity index (χ4n) is 5.58. The van der Waals surface area contributed by atoms with E-state index in [2.05, 4.69) is 125 Å². The van der Waals surface area contributed by atoms with Crippen molar-refractivity contribution in [3.05, 3.63) is 140 Å². The third-order valence-corrected chi connectivity index (χ3v) is 7.66. The number of nitrogens with zero attached hydrogens (tertiary/aromatic N) is 3. The molecule has 186 valence electrons. The number of aromatic nitrogens is 3. The molecular weight excluding hydrogens is 486 g/mol. The highest BCUT2D eigenvalue weighted by Crippen LogP contribution is 2.34. The van der Waals surface area contributed by atoms with Crippen molar-refractivity contribution >= 4 is 43.4 Å². The van der Waals surface area contributed by atoms with Crippen LogP contribution in [0.5, 0.6) is 0 Å². The SMILES string of the molecule is c1ccc2cc3cc(-c4cc(-c5ccc6ncccc6c5)nc(-c5ccc6ncccc6c5)c4)ccc3cc2c1. The second-order valence-corrected chi connectivity index (χ2v) is 10.2. The fraction of sp³-hybridized carbons (Fsp3) is 0. The van der Waals surface area contributed by atoms with Gasteiger partial charge in [-0.25, -0.2) is 4.98 Å². The summed E-state index contributed by atoms with van der Waals surface area (Å²) in [6.45, 7) is 0. The Morgan fingerprint density at radius 1 is 0.325 bits per heavy atom. The molecule has 0 radical (unpaired) electrons. The predicted molar refractivity (Wildman–Crippen MR) is 166 cm³/mol. The Bertz CT molecular complexity index is 2140. The molecule has 3 nitrogen and oxygen atoms in total. The van der Waals surface area contributed by atoms with E-state index in [1.54, 1.807) is 0 Å². The maximum atomic E-state index is 5.18. The van der Waals surface area contributed by atoms with Crippen LogP contribution in [0, 0.1) is 0 Å². The van der Waals surface area contributed by atoms with E-state index in [1.165, 1.54) is 21.5 Å². The second-order valence-electron chi connectivity index (χ2n) is 10.2. The Morgan fingerprint density at radius 2 is 0.825 bits per heavy atom. The van der Waals surface area contributed by atoms with Crippen molar-refractivity contribution in [2.45, 2.75) is 0 Å². The number of rotatable bonds is 3. The van der Waals surface area contributed by atoms with Gasteiger partial charge in [-0.2, -0.15) is 0 Å². The van der Waals surface area contributed by atoms with Crippen molar-refractivity contribution in [2.24, 2.45) is 0 Å². The summed E-state index contributed by atoms with van der Waals surface area (Å²) in [5, 5.41) is 7.17. The summed E-state index contributed by atoms with van der Waals surface area (Å²) in [4.78, 5) is 14.2. The topological polar surface area (TPSA) is 38.7 Å². The van der Waals surface area contributed by atoms with Gasteiger partial charge in [-0.1, -0.05) is 60.7 Å². The molecule has 8 rings (SSSR count). The molecule has 0 amide bonds. The molecule has 3 heteroatoms. The van der Waals surface area contributed by atoms with Gasteiger partial charge < -0.3 is 0 Å². The normalized spacial score (nSPS) is 11.5. The Hall–Kier alpha value is -5.41. The average Bonchev–Trinajstić information content (AvgIpc) is 3.02. The van der Waals surface area contributed by atoms with Gasteiger partial charge >= 0.3 is 0 Å². The van der Waals surface area contributed by atoms with E-state index in [1.807, 2.05) is 24.5 Å². The van der Waals surface area contributed by atoms with Crippen molar-refractivity contribution in [1.29, 1.82) is 0 Å². The molecular formula is C37H23N3. The molecule has 5 aromatic carbocycles. The minimum Gasteiger partial charge on any atom is -0.256 e. The zero-order valence-corrected chi connectivity index (χ0v) is 21.6. The Morgan fingerprint density at radius 3 is 1.45 bits per heavy atom. The summed E-state index contributed by atoms with van der Waals surface area (Å²) < 4.78 is 0. The molecule has 0 N–H and O–H groups in total. The van der Waals surface area contributed by atoms with E-state index in [0.29, 0.717) is 0 Å². The number of benzene rings is 5. The van der Waals surface area contributed by atoms with E-state index in [-0.39, 0.29) is 0 Å². The lowest BCUT2D eigenvalue weighted by Crippen LogP contribution is -1.92. The monoisotopic (exact) mass is 509 g/mol. The van der Waals surface area contributed by atoms with E-state index in [0.717, 1.165) is 55.4 Å². The summed E-state index contributed by atoms with van der Waals surface area (Å²) in [6, 6.07) is 45.1. The number of hydrogen-bond acceptors (Lipinski definition) is 3. The van der Waals surface area contributed by atoms with Crippen LogP contribution in [0.2, 0.25) is 0 Å². The van der Waals surface area contributed by atoms with Crippen LogP contribution < -0.4 is 0 Å². The van der Waals surface area contributed by atoms with Crippen molar-refractivity contribution in [3.8, 4) is 33.6 Å². The van der Waals surface area contributed by atoms with Crippen LogP contribution in [0.3, 0.4) is 0 Å². The van der Waals surface area contributed by atoms with Crippen LogP contribution in [0.1, 0.15) is 0 Å². The van der Waals surface area contributed by atoms with Gasteiger partial charge in [-0.15, -0.1) is 0 Å². The molecule has 0 bridgehead atoms.